The Hall–Kier alpha value is -2.06. The molecule has 1 N–H and O–H groups in total. The summed E-state index contributed by atoms with van der Waals surface area (Å²) in [4.78, 5) is 2.19. The summed E-state index contributed by atoms with van der Waals surface area (Å²) >= 11 is 0. The van der Waals surface area contributed by atoms with Gasteiger partial charge in [-0.25, -0.2) is 0 Å². The van der Waals surface area contributed by atoms with Crippen LogP contribution in [0.4, 0.5) is 0 Å². The van der Waals surface area contributed by atoms with E-state index in [-0.39, 0.29) is 0 Å². The Morgan fingerprint density at radius 1 is 1.00 bits per heavy atom. The van der Waals surface area contributed by atoms with E-state index in [4.69, 9.17) is 0 Å². The van der Waals surface area contributed by atoms with Gasteiger partial charge in [0, 0.05) is 18.8 Å². The molecule has 0 spiro atoms. The summed E-state index contributed by atoms with van der Waals surface area (Å²) in [6.07, 6.45) is 3.92. The fraction of sp³-hybridized carbons (Fsp3) is 0.222. The second-order valence-electron chi connectivity index (χ2n) is 5.29. The number of rotatable bonds is 3. The van der Waals surface area contributed by atoms with Crippen LogP contribution in [0, 0.1) is 0 Å². The number of benzene rings is 2. The molecule has 0 aromatic heterocycles. The molecule has 2 unspecified atom stereocenters. The molecular weight excluding hydrogens is 246 g/mol. The van der Waals surface area contributed by atoms with Crippen LogP contribution in [0.25, 0.3) is 12.3 Å². The van der Waals surface area contributed by atoms with Gasteiger partial charge in [-0.3, -0.25) is 0 Å². The molecule has 0 radical (unpaired) electrons. The normalized spacial score (nSPS) is 18.7. The van der Waals surface area contributed by atoms with Crippen molar-refractivity contribution in [1.82, 2.24) is 4.90 Å². The smallest absolute Gasteiger partial charge is 0.0964 e. The fourth-order valence-electron chi connectivity index (χ4n) is 2.63. The summed E-state index contributed by atoms with van der Waals surface area (Å²) in [5, 5.41) is 12.8. The molecule has 1 aliphatic heterocycles. The van der Waals surface area contributed by atoms with Gasteiger partial charge in [0.2, 0.25) is 0 Å². The molecule has 1 aliphatic rings. The van der Waals surface area contributed by atoms with Crippen molar-refractivity contribution in [1.29, 1.82) is 0 Å². The average molecular weight is 265 g/mol. The van der Waals surface area contributed by atoms with Crippen molar-refractivity contribution in [2.24, 2.45) is 0 Å². The van der Waals surface area contributed by atoms with Crippen LogP contribution in [0.5, 0.6) is 0 Å². The Bertz CT molecular complexity index is 693. The number of aliphatic hydroxyl groups is 1. The Balaban J connectivity index is 1.84. The van der Waals surface area contributed by atoms with Crippen molar-refractivity contribution in [3.05, 3.63) is 70.6 Å². The minimum atomic E-state index is -0.464. The van der Waals surface area contributed by atoms with Crippen LogP contribution in [-0.2, 0) is 0 Å². The van der Waals surface area contributed by atoms with Crippen LogP contribution in [0.15, 0.2) is 54.6 Å². The van der Waals surface area contributed by atoms with Crippen LogP contribution < -0.4 is 10.4 Å². The van der Waals surface area contributed by atoms with E-state index in [9.17, 15) is 5.11 Å². The molecule has 20 heavy (non-hydrogen) atoms. The number of fused-ring (bicyclic) bond motifs is 1. The first-order chi connectivity index (χ1) is 9.74. The predicted octanol–water partition coefficient (Wildman–Crippen LogP) is 1.64. The first-order valence-corrected chi connectivity index (χ1v) is 7.01. The van der Waals surface area contributed by atoms with Crippen molar-refractivity contribution < 1.29 is 5.11 Å². The van der Waals surface area contributed by atoms with Crippen molar-refractivity contribution in [3.63, 3.8) is 0 Å². The lowest BCUT2D eigenvalue weighted by atomic mass is 10.1. The summed E-state index contributed by atoms with van der Waals surface area (Å²) in [5.41, 5.74) is 0.965. The van der Waals surface area contributed by atoms with Gasteiger partial charge in [0.25, 0.3) is 0 Å². The van der Waals surface area contributed by atoms with Gasteiger partial charge in [0.15, 0.2) is 0 Å². The van der Waals surface area contributed by atoms with Gasteiger partial charge in [-0.2, -0.15) is 0 Å². The molecule has 0 saturated carbocycles. The van der Waals surface area contributed by atoms with E-state index in [0.717, 1.165) is 5.56 Å². The lowest BCUT2D eigenvalue weighted by Crippen LogP contribution is -2.41. The van der Waals surface area contributed by atoms with E-state index in [1.165, 1.54) is 10.4 Å². The van der Waals surface area contributed by atoms with Gasteiger partial charge < -0.3 is 10.0 Å². The molecule has 0 bridgehead atoms. The minimum absolute atomic E-state index is 0.295. The number of hydrogen-bond donors (Lipinski definition) is 1. The molecule has 0 amide bonds. The average Bonchev–Trinajstić information content (AvgIpc) is 2.49. The van der Waals surface area contributed by atoms with E-state index in [2.05, 4.69) is 42.3 Å². The number of hydrogen-bond acceptors (Lipinski definition) is 2. The first kappa shape index (κ1) is 12.9. The summed E-state index contributed by atoms with van der Waals surface area (Å²) < 4.78 is 0. The van der Waals surface area contributed by atoms with E-state index in [0.29, 0.717) is 12.6 Å². The summed E-state index contributed by atoms with van der Waals surface area (Å²) in [6.45, 7) is 2.76. The van der Waals surface area contributed by atoms with Crippen LogP contribution in [0.3, 0.4) is 0 Å². The second kappa shape index (κ2) is 5.51. The zero-order valence-corrected chi connectivity index (χ0v) is 11.6. The molecule has 102 valence electrons. The molecule has 0 fully saturated rings. The Kier molecular flexibility index (Phi) is 3.57. The quantitative estimate of drug-likeness (QED) is 0.912. The van der Waals surface area contributed by atoms with Gasteiger partial charge in [0.1, 0.15) is 0 Å². The third-order valence-corrected chi connectivity index (χ3v) is 3.81. The van der Waals surface area contributed by atoms with Crippen LogP contribution in [-0.4, -0.2) is 22.6 Å². The zero-order valence-electron chi connectivity index (χ0n) is 11.6. The van der Waals surface area contributed by atoms with Crippen molar-refractivity contribution >= 4 is 12.3 Å². The van der Waals surface area contributed by atoms with Crippen molar-refractivity contribution in [3.8, 4) is 0 Å². The van der Waals surface area contributed by atoms with Gasteiger partial charge >= 0.3 is 0 Å². The minimum Gasteiger partial charge on any atom is -0.387 e. The Labute approximate surface area is 119 Å². The predicted molar refractivity (Wildman–Crippen MR) is 82.2 cm³/mol. The summed E-state index contributed by atoms with van der Waals surface area (Å²) in [6, 6.07) is 18.5. The van der Waals surface area contributed by atoms with Crippen molar-refractivity contribution in [2.45, 2.75) is 19.1 Å². The monoisotopic (exact) mass is 265 g/mol. The topological polar surface area (TPSA) is 23.5 Å². The van der Waals surface area contributed by atoms with E-state index in [1.54, 1.807) is 0 Å². The maximum atomic E-state index is 10.4. The maximum absolute atomic E-state index is 10.4. The largest absolute Gasteiger partial charge is 0.387 e. The maximum Gasteiger partial charge on any atom is 0.0964 e. The van der Waals surface area contributed by atoms with Crippen LogP contribution >= 0.6 is 0 Å². The van der Waals surface area contributed by atoms with Crippen molar-refractivity contribution in [2.75, 3.05) is 6.54 Å². The number of nitrogens with zero attached hydrogens (tertiary/aromatic N) is 1. The molecule has 2 heteroatoms. The molecule has 2 aromatic carbocycles. The van der Waals surface area contributed by atoms with Crippen LogP contribution in [0.1, 0.15) is 18.6 Å². The standard InChI is InChI=1S/C18H19NO/c1-14-11-16-9-5-6-10-17(16)12-19(14)13-18(20)15-7-3-2-4-8-15/h2-12,14,18,20H,13H2,1H3. The van der Waals surface area contributed by atoms with Gasteiger partial charge in [-0.1, -0.05) is 60.7 Å². The summed E-state index contributed by atoms with van der Waals surface area (Å²) in [5.74, 6) is 0. The van der Waals surface area contributed by atoms with Gasteiger partial charge in [-0.05, 0) is 22.9 Å². The Morgan fingerprint density at radius 2 is 1.65 bits per heavy atom. The molecule has 0 saturated heterocycles. The highest BCUT2D eigenvalue weighted by Crippen LogP contribution is 2.16. The van der Waals surface area contributed by atoms with Crippen LogP contribution in [0.2, 0.25) is 0 Å². The molecule has 2 atom stereocenters. The van der Waals surface area contributed by atoms with E-state index < -0.39 is 6.10 Å². The highest BCUT2D eigenvalue weighted by Gasteiger charge is 2.16. The van der Waals surface area contributed by atoms with Gasteiger partial charge in [0.05, 0.1) is 6.10 Å². The second-order valence-corrected chi connectivity index (χ2v) is 5.29. The molecule has 2 nitrogen and oxygen atoms in total. The highest BCUT2D eigenvalue weighted by molar-refractivity contribution is 5.41. The third-order valence-electron chi connectivity index (χ3n) is 3.81. The zero-order chi connectivity index (χ0) is 13.9. The van der Waals surface area contributed by atoms with Gasteiger partial charge in [-0.15, -0.1) is 0 Å². The molecule has 0 aliphatic carbocycles. The molecule has 1 heterocycles. The lowest BCUT2D eigenvalue weighted by molar-refractivity contribution is 0.137. The highest BCUT2D eigenvalue weighted by atomic mass is 16.3. The first-order valence-electron chi connectivity index (χ1n) is 7.01. The molecular formula is C18H19NO. The molecule has 2 aromatic rings. The number of aliphatic hydroxyl groups excluding tert-OH is 1. The molecule has 3 rings (SSSR count). The third kappa shape index (κ3) is 2.61. The lowest BCUT2D eigenvalue weighted by Gasteiger charge is -2.30. The number of β-amino-alcohol motifs (C(OH)–C–C–N with tert-alkyl or cyclic N) is 1. The summed E-state index contributed by atoms with van der Waals surface area (Å²) in [7, 11) is 0. The van der Waals surface area contributed by atoms with E-state index in [1.807, 2.05) is 36.4 Å². The SMILES string of the molecule is CC1C=c2ccccc2=CN1CC(O)c1ccccc1. The van der Waals surface area contributed by atoms with E-state index >= 15 is 0 Å². The fourth-order valence-corrected chi connectivity index (χ4v) is 2.63. The Morgan fingerprint density at radius 3 is 2.40 bits per heavy atom.